The van der Waals surface area contributed by atoms with Gasteiger partial charge in [0.2, 0.25) is 0 Å². The van der Waals surface area contributed by atoms with Crippen LogP contribution >= 0.6 is 0 Å². The second-order valence-corrected chi connectivity index (χ2v) is 11.8. The standard InChI is InChI=1S/C32H34N6O3/c1-40-24-12-27-28(13-24)29(27)20-41-25-14-26(31-22(16-33)18-36-38(31)19-25)21-5-6-30(35-17-21)37-10-7-32(39,8-11-37)15-23-4-2-3-9-34-23/h2-6,9,14,17-19,24,27-29,39H,7-8,10-13,15,20H2,1H3. The largest absolute Gasteiger partial charge is 0.492 e. The van der Waals surface area contributed by atoms with Crippen LogP contribution in [0.4, 0.5) is 5.82 Å². The Morgan fingerprint density at radius 2 is 1.93 bits per heavy atom. The Morgan fingerprint density at radius 1 is 1.10 bits per heavy atom. The zero-order chi connectivity index (χ0) is 28.0. The van der Waals surface area contributed by atoms with Crippen LogP contribution in [0.5, 0.6) is 5.75 Å². The number of ether oxygens (including phenoxy) is 2. The van der Waals surface area contributed by atoms with Crippen LogP contribution in [-0.4, -0.2) is 63.2 Å². The molecule has 0 bridgehead atoms. The number of hydrogen-bond donors (Lipinski definition) is 1. The third-order valence-electron chi connectivity index (χ3n) is 9.38. The van der Waals surface area contributed by atoms with E-state index in [0.29, 0.717) is 55.3 Å². The molecule has 4 aromatic rings. The molecule has 3 aliphatic rings. The summed E-state index contributed by atoms with van der Waals surface area (Å²) in [7, 11) is 1.80. The van der Waals surface area contributed by atoms with Crippen molar-refractivity contribution in [2.45, 2.75) is 43.8 Å². The van der Waals surface area contributed by atoms with Crippen LogP contribution in [0, 0.1) is 29.1 Å². The van der Waals surface area contributed by atoms with Crippen molar-refractivity contribution >= 4 is 11.3 Å². The van der Waals surface area contributed by atoms with E-state index in [1.807, 2.05) is 48.8 Å². The van der Waals surface area contributed by atoms with E-state index in [1.54, 1.807) is 24.0 Å². The van der Waals surface area contributed by atoms with Gasteiger partial charge in [-0.1, -0.05) is 6.07 Å². The third kappa shape index (κ3) is 5.03. The lowest BCUT2D eigenvalue weighted by Gasteiger charge is -2.38. The topological polar surface area (TPSA) is 109 Å². The summed E-state index contributed by atoms with van der Waals surface area (Å²) in [5.74, 6) is 3.60. The van der Waals surface area contributed by atoms with E-state index in [2.05, 4.69) is 21.1 Å². The zero-order valence-electron chi connectivity index (χ0n) is 23.2. The molecule has 2 unspecified atom stereocenters. The molecule has 1 saturated heterocycles. The molecule has 0 radical (unpaired) electrons. The average Bonchev–Trinajstić information content (AvgIpc) is 3.30. The molecule has 7 rings (SSSR count). The smallest absolute Gasteiger partial charge is 0.138 e. The van der Waals surface area contributed by atoms with Gasteiger partial charge in [-0.15, -0.1) is 0 Å². The van der Waals surface area contributed by atoms with Gasteiger partial charge in [-0.3, -0.25) is 4.98 Å². The number of nitrogens with zero attached hydrogens (tertiary/aromatic N) is 6. The Kier molecular flexibility index (Phi) is 6.60. The van der Waals surface area contributed by atoms with Crippen LogP contribution in [0.1, 0.15) is 36.9 Å². The molecular formula is C32H34N6O3. The molecule has 0 spiro atoms. The number of pyridine rings is 3. The summed E-state index contributed by atoms with van der Waals surface area (Å²) in [5.41, 5.74) is 3.20. The van der Waals surface area contributed by atoms with Gasteiger partial charge in [0.25, 0.3) is 0 Å². The highest BCUT2D eigenvalue weighted by Crippen LogP contribution is 2.58. The molecule has 9 heteroatoms. The maximum absolute atomic E-state index is 11.1. The maximum atomic E-state index is 11.1. The lowest BCUT2D eigenvalue weighted by atomic mass is 9.87. The van der Waals surface area contributed by atoms with Crippen molar-refractivity contribution in [3.63, 3.8) is 0 Å². The Bertz CT molecular complexity index is 1560. The van der Waals surface area contributed by atoms with Crippen LogP contribution in [0.15, 0.2) is 61.2 Å². The van der Waals surface area contributed by atoms with Crippen LogP contribution in [0.25, 0.3) is 16.6 Å². The van der Waals surface area contributed by atoms with Crippen LogP contribution in [0.3, 0.4) is 0 Å². The van der Waals surface area contributed by atoms with E-state index >= 15 is 0 Å². The van der Waals surface area contributed by atoms with Gasteiger partial charge in [0.1, 0.15) is 17.6 Å². The van der Waals surface area contributed by atoms with E-state index in [1.165, 1.54) is 0 Å². The highest BCUT2D eigenvalue weighted by molar-refractivity contribution is 5.85. The van der Waals surface area contributed by atoms with Crippen molar-refractivity contribution in [3.05, 3.63) is 72.4 Å². The second kappa shape index (κ2) is 10.4. The van der Waals surface area contributed by atoms with Crippen molar-refractivity contribution in [3.8, 4) is 22.9 Å². The molecule has 0 aromatic carbocycles. The van der Waals surface area contributed by atoms with E-state index in [0.717, 1.165) is 59.8 Å². The molecule has 41 heavy (non-hydrogen) atoms. The van der Waals surface area contributed by atoms with Crippen molar-refractivity contribution in [2.24, 2.45) is 17.8 Å². The van der Waals surface area contributed by atoms with Crippen LogP contribution < -0.4 is 9.64 Å². The van der Waals surface area contributed by atoms with Gasteiger partial charge in [-0.2, -0.15) is 10.4 Å². The zero-order valence-corrected chi connectivity index (χ0v) is 23.2. The fraction of sp³-hybridized carbons (Fsp3) is 0.438. The number of aliphatic hydroxyl groups is 1. The molecule has 3 fully saturated rings. The van der Waals surface area contributed by atoms with Crippen molar-refractivity contribution in [1.82, 2.24) is 19.6 Å². The highest BCUT2D eigenvalue weighted by atomic mass is 16.5. The number of rotatable bonds is 8. The lowest BCUT2D eigenvalue weighted by molar-refractivity contribution is 0.0156. The van der Waals surface area contributed by atoms with Crippen LogP contribution in [-0.2, 0) is 11.2 Å². The fourth-order valence-corrected chi connectivity index (χ4v) is 6.94. The minimum Gasteiger partial charge on any atom is -0.492 e. The molecule has 9 nitrogen and oxygen atoms in total. The van der Waals surface area contributed by atoms with E-state index in [-0.39, 0.29) is 0 Å². The first-order chi connectivity index (χ1) is 20.0. The van der Waals surface area contributed by atoms with E-state index in [4.69, 9.17) is 14.5 Å². The molecule has 5 heterocycles. The third-order valence-corrected chi connectivity index (χ3v) is 9.38. The number of hydrogen-bond acceptors (Lipinski definition) is 8. The fourth-order valence-electron chi connectivity index (χ4n) is 6.94. The molecule has 4 aromatic heterocycles. The summed E-state index contributed by atoms with van der Waals surface area (Å²) in [4.78, 5) is 11.4. The number of piperidine rings is 1. The average molecular weight is 551 g/mol. The number of fused-ring (bicyclic) bond motifs is 2. The minimum absolute atomic E-state index is 0.399. The van der Waals surface area contributed by atoms with Crippen molar-refractivity contribution in [1.29, 1.82) is 5.26 Å². The summed E-state index contributed by atoms with van der Waals surface area (Å²) in [6, 6.07) is 14.2. The number of methoxy groups -OCH3 is 1. The van der Waals surface area contributed by atoms with E-state index < -0.39 is 5.60 Å². The number of aromatic nitrogens is 4. The SMILES string of the molecule is COC1CC2C(COc3cc(-c4ccc(N5CCC(O)(Cc6ccccn6)CC5)nc4)c4c(C#N)cnn4c3)C2C1. The van der Waals surface area contributed by atoms with Gasteiger partial charge in [-0.25, -0.2) is 9.50 Å². The Labute approximate surface area is 239 Å². The summed E-state index contributed by atoms with van der Waals surface area (Å²) in [6.07, 6.45) is 11.6. The summed E-state index contributed by atoms with van der Waals surface area (Å²) < 4.78 is 13.5. The molecule has 0 amide bonds. The van der Waals surface area contributed by atoms with Crippen LogP contribution in [0.2, 0.25) is 0 Å². The highest BCUT2D eigenvalue weighted by Gasteiger charge is 2.56. The molecule has 210 valence electrons. The second-order valence-electron chi connectivity index (χ2n) is 11.8. The predicted molar refractivity (Wildman–Crippen MR) is 153 cm³/mol. The number of anilines is 1. The van der Waals surface area contributed by atoms with Gasteiger partial charge < -0.3 is 19.5 Å². The molecule has 1 N–H and O–H groups in total. The van der Waals surface area contributed by atoms with Gasteiger partial charge in [0.05, 0.1) is 41.8 Å². The number of nitriles is 1. The first kappa shape index (κ1) is 25.9. The van der Waals surface area contributed by atoms with Gasteiger partial charge in [0.15, 0.2) is 0 Å². The monoisotopic (exact) mass is 550 g/mol. The molecule has 2 aliphatic carbocycles. The Balaban J connectivity index is 1.06. The van der Waals surface area contributed by atoms with Gasteiger partial charge in [-0.05, 0) is 73.8 Å². The Hall–Kier alpha value is -4.00. The summed E-state index contributed by atoms with van der Waals surface area (Å²) in [5, 5.41) is 25.3. The van der Waals surface area contributed by atoms with Gasteiger partial charge >= 0.3 is 0 Å². The first-order valence-electron chi connectivity index (χ1n) is 14.4. The van der Waals surface area contributed by atoms with Gasteiger partial charge in [0, 0.05) is 55.8 Å². The van der Waals surface area contributed by atoms with E-state index in [9.17, 15) is 10.4 Å². The molecule has 2 saturated carbocycles. The maximum Gasteiger partial charge on any atom is 0.138 e. The molecular weight excluding hydrogens is 516 g/mol. The Morgan fingerprint density at radius 3 is 2.61 bits per heavy atom. The molecule has 1 aliphatic heterocycles. The lowest BCUT2D eigenvalue weighted by Crippen LogP contribution is -2.46. The predicted octanol–water partition coefficient (Wildman–Crippen LogP) is 4.29. The van der Waals surface area contributed by atoms with Crippen molar-refractivity contribution in [2.75, 3.05) is 31.7 Å². The van der Waals surface area contributed by atoms with Crippen molar-refractivity contribution < 1.29 is 14.6 Å². The summed E-state index contributed by atoms with van der Waals surface area (Å²) >= 11 is 0. The first-order valence-corrected chi connectivity index (χ1v) is 14.4. The minimum atomic E-state index is -0.753. The molecule has 2 atom stereocenters. The normalized spacial score (nSPS) is 24.7. The summed E-state index contributed by atoms with van der Waals surface area (Å²) in [6.45, 7) is 2.12. The quantitative estimate of drug-likeness (QED) is 0.346.